The molecule has 8 aromatic rings. The van der Waals surface area contributed by atoms with Crippen molar-refractivity contribution >= 4 is 33.8 Å². The Labute approximate surface area is 281 Å². The molecule has 0 fully saturated rings. The first-order chi connectivity index (χ1) is 23.7. The summed E-state index contributed by atoms with van der Waals surface area (Å²) in [4.78, 5) is 0. The Bertz CT molecular complexity index is 2450. The molecule has 0 atom stereocenters. The number of rotatable bonds is 6. The highest BCUT2D eigenvalue weighted by Gasteiger charge is 2.32. The van der Waals surface area contributed by atoms with Crippen LogP contribution in [0.2, 0.25) is 0 Å². The Hall–Kier alpha value is -5.75. The molecule has 1 nitrogen and oxygen atoms in total. The van der Waals surface area contributed by atoms with Crippen LogP contribution in [0.1, 0.15) is 0 Å². The predicted molar refractivity (Wildman–Crippen MR) is 204 cm³/mol. The number of hydrogen-bond donors (Lipinski definition) is 0. The average Bonchev–Trinajstić information content (AvgIpc) is 3.51. The molecule has 0 aromatic heterocycles. The molecule has 9 rings (SSSR count). The van der Waals surface area contributed by atoms with Gasteiger partial charge in [0.2, 0.25) is 0 Å². The highest BCUT2D eigenvalue weighted by atomic mass is 31.2. The molecule has 1 aliphatic carbocycles. The molecule has 0 unspecified atom stereocenters. The fourth-order valence-electron chi connectivity index (χ4n) is 7.56. The molecular weight excluding hydrogens is 599 g/mol. The third-order valence-electron chi connectivity index (χ3n) is 9.68. The summed E-state index contributed by atoms with van der Waals surface area (Å²) in [5.41, 5.74) is 11.9. The number of hydrogen-bond acceptors (Lipinski definition) is 1. The van der Waals surface area contributed by atoms with Crippen molar-refractivity contribution in [3.63, 3.8) is 0 Å². The SMILES string of the molecule is O=P(c1ccccc1)(c1ccccc1)c1cccc(-c2cc(-c3ccccc3)c3c(c2-c2ccccc2)-c2cccc4cccc-3c24)c1. The molecule has 0 saturated heterocycles. The van der Waals surface area contributed by atoms with Crippen LogP contribution in [0.3, 0.4) is 0 Å². The van der Waals surface area contributed by atoms with E-state index < -0.39 is 7.14 Å². The molecule has 48 heavy (non-hydrogen) atoms. The maximum atomic E-state index is 15.5. The van der Waals surface area contributed by atoms with Crippen LogP contribution in [0.4, 0.5) is 0 Å². The molecule has 226 valence electrons. The zero-order valence-electron chi connectivity index (χ0n) is 26.3. The summed E-state index contributed by atoms with van der Waals surface area (Å²) in [6.07, 6.45) is 0. The van der Waals surface area contributed by atoms with Gasteiger partial charge in [-0.3, -0.25) is 0 Å². The van der Waals surface area contributed by atoms with E-state index in [0.717, 1.165) is 32.6 Å². The second kappa shape index (κ2) is 11.5. The molecule has 0 bridgehead atoms. The van der Waals surface area contributed by atoms with Crippen LogP contribution < -0.4 is 15.9 Å². The Kier molecular flexibility index (Phi) is 6.82. The lowest BCUT2D eigenvalue weighted by Gasteiger charge is -2.23. The van der Waals surface area contributed by atoms with E-state index in [1.807, 2.05) is 66.7 Å². The van der Waals surface area contributed by atoms with Crippen molar-refractivity contribution in [2.24, 2.45) is 0 Å². The van der Waals surface area contributed by atoms with Crippen molar-refractivity contribution in [1.29, 1.82) is 0 Å². The molecule has 0 amide bonds. The predicted octanol–water partition coefficient (Wildman–Crippen LogP) is 11.1. The minimum atomic E-state index is -3.18. The molecule has 8 aromatic carbocycles. The Morgan fingerprint density at radius 1 is 0.312 bits per heavy atom. The maximum Gasteiger partial charge on any atom is 0.171 e. The first-order valence-electron chi connectivity index (χ1n) is 16.4. The van der Waals surface area contributed by atoms with Gasteiger partial charge in [0, 0.05) is 15.9 Å². The smallest absolute Gasteiger partial charge is 0.171 e. The first kappa shape index (κ1) is 28.5. The minimum Gasteiger partial charge on any atom is -0.309 e. The Balaban J connectivity index is 1.39. The van der Waals surface area contributed by atoms with Crippen molar-refractivity contribution in [3.8, 4) is 55.6 Å². The van der Waals surface area contributed by atoms with Gasteiger partial charge in [0.15, 0.2) is 7.14 Å². The topological polar surface area (TPSA) is 17.1 Å². The van der Waals surface area contributed by atoms with Gasteiger partial charge in [-0.25, -0.2) is 0 Å². The van der Waals surface area contributed by atoms with Crippen molar-refractivity contribution in [1.82, 2.24) is 0 Å². The van der Waals surface area contributed by atoms with Gasteiger partial charge in [-0.1, -0.05) is 176 Å². The largest absolute Gasteiger partial charge is 0.309 e. The first-order valence-corrected chi connectivity index (χ1v) is 18.1. The van der Waals surface area contributed by atoms with E-state index in [4.69, 9.17) is 0 Å². The van der Waals surface area contributed by atoms with Gasteiger partial charge in [0.1, 0.15) is 0 Å². The van der Waals surface area contributed by atoms with Crippen LogP contribution in [0, 0.1) is 0 Å². The second-order valence-electron chi connectivity index (χ2n) is 12.4. The quantitative estimate of drug-likeness (QED) is 0.167. The molecule has 0 heterocycles. The standard InChI is InChI=1S/C46H31OP/c47-48(36-23-9-3-10-24-36,37-25-11-4-12-26-37)38-27-13-22-35(30-38)42-31-41(32-16-5-1-6-17-32)45-39-28-14-20-33-21-15-29-40(43(33)39)46(45)44(42)34-18-7-2-8-19-34/h1-31H. The zero-order valence-corrected chi connectivity index (χ0v) is 27.1. The lowest BCUT2D eigenvalue weighted by Crippen LogP contribution is -2.25. The van der Waals surface area contributed by atoms with Gasteiger partial charge in [0.25, 0.3) is 0 Å². The summed E-state index contributed by atoms with van der Waals surface area (Å²) in [6.45, 7) is 0. The average molecular weight is 631 g/mol. The van der Waals surface area contributed by atoms with Crippen LogP contribution in [0.5, 0.6) is 0 Å². The van der Waals surface area contributed by atoms with E-state index in [1.54, 1.807) is 0 Å². The molecule has 0 aliphatic heterocycles. The highest BCUT2D eigenvalue weighted by Crippen LogP contribution is 2.57. The van der Waals surface area contributed by atoms with E-state index in [1.165, 1.54) is 49.7 Å². The third kappa shape index (κ3) is 4.43. The summed E-state index contributed by atoms with van der Waals surface area (Å²) in [5.74, 6) is 0. The van der Waals surface area contributed by atoms with E-state index in [2.05, 4.69) is 121 Å². The normalized spacial score (nSPS) is 11.8. The van der Waals surface area contributed by atoms with E-state index >= 15 is 4.57 Å². The van der Waals surface area contributed by atoms with E-state index in [0.29, 0.717) is 0 Å². The molecular formula is C46H31OP. The van der Waals surface area contributed by atoms with Gasteiger partial charge < -0.3 is 4.57 Å². The molecule has 0 radical (unpaired) electrons. The van der Waals surface area contributed by atoms with E-state index in [-0.39, 0.29) is 0 Å². The van der Waals surface area contributed by atoms with Crippen molar-refractivity contribution in [2.45, 2.75) is 0 Å². The van der Waals surface area contributed by atoms with Gasteiger partial charge in [0.05, 0.1) is 0 Å². The number of fused-ring (bicyclic) bond motifs is 3. The monoisotopic (exact) mass is 630 g/mol. The van der Waals surface area contributed by atoms with Crippen molar-refractivity contribution < 1.29 is 4.57 Å². The minimum absolute atomic E-state index is 0.823. The highest BCUT2D eigenvalue weighted by molar-refractivity contribution is 7.85. The molecule has 0 saturated carbocycles. The van der Waals surface area contributed by atoms with E-state index in [9.17, 15) is 0 Å². The molecule has 2 heteroatoms. The fraction of sp³-hybridized carbons (Fsp3) is 0. The summed E-state index contributed by atoms with van der Waals surface area (Å²) in [5, 5.41) is 5.03. The van der Waals surface area contributed by atoms with Crippen LogP contribution in [-0.2, 0) is 4.57 Å². The van der Waals surface area contributed by atoms with Crippen LogP contribution in [0.25, 0.3) is 66.4 Å². The summed E-state index contributed by atoms with van der Waals surface area (Å²) in [7, 11) is -3.18. The van der Waals surface area contributed by atoms with Gasteiger partial charge in [-0.15, -0.1) is 0 Å². The Morgan fingerprint density at radius 3 is 1.38 bits per heavy atom. The third-order valence-corrected chi connectivity index (χ3v) is 12.7. The van der Waals surface area contributed by atoms with Gasteiger partial charge >= 0.3 is 0 Å². The van der Waals surface area contributed by atoms with Crippen LogP contribution >= 0.6 is 7.14 Å². The lowest BCUT2D eigenvalue weighted by atomic mass is 9.82. The zero-order chi connectivity index (χ0) is 32.1. The number of benzene rings is 8. The summed E-state index contributed by atoms with van der Waals surface area (Å²) >= 11 is 0. The fourth-order valence-corrected chi connectivity index (χ4v) is 10.3. The second-order valence-corrected chi connectivity index (χ2v) is 15.1. The van der Waals surface area contributed by atoms with Crippen LogP contribution in [0.15, 0.2) is 188 Å². The van der Waals surface area contributed by atoms with Crippen molar-refractivity contribution in [3.05, 3.63) is 188 Å². The summed E-state index contributed by atoms with van der Waals surface area (Å²) in [6, 6.07) is 65.5. The maximum absolute atomic E-state index is 15.5. The van der Waals surface area contributed by atoms with Gasteiger partial charge in [-0.05, 0) is 78.5 Å². The van der Waals surface area contributed by atoms with Crippen LogP contribution in [-0.4, -0.2) is 0 Å². The van der Waals surface area contributed by atoms with Crippen molar-refractivity contribution in [2.75, 3.05) is 0 Å². The van der Waals surface area contributed by atoms with Gasteiger partial charge in [-0.2, -0.15) is 0 Å². The molecule has 0 N–H and O–H groups in total. The Morgan fingerprint density at radius 2 is 0.771 bits per heavy atom. The summed E-state index contributed by atoms with van der Waals surface area (Å²) < 4.78 is 15.5. The lowest BCUT2D eigenvalue weighted by molar-refractivity contribution is 0.592. The molecule has 0 spiro atoms. The molecule has 1 aliphatic rings.